The number of H-pyrrole nitrogens is 1. The summed E-state index contributed by atoms with van der Waals surface area (Å²) in [6.45, 7) is 7.09. The molecule has 0 spiro atoms. The maximum Gasteiger partial charge on any atom is 0.410 e. The summed E-state index contributed by atoms with van der Waals surface area (Å²) in [5, 5.41) is 3.31. The lowest BCUT2D eigenvalue weighted by molar-refractivity contribution is 0.0235. The number of benzene rings is 1. The van der Waals surface area contributed by atoms with Gasteiger partial charge in [0.25, 0.3) is 0 Å². The Morgan fingerprint density at radius 2 is 2.22 bits per heavy atom. The molecule has 6 heteroatoms. The number of carbonyl (C=O) groups is 1. The van der Waals surface area contributed by atoms with Gasteiger partial charge in [-0.3, -0.25) is 0 Å². The van der Waals surface area contributed by atoms with E-state index in [1.807, 2.05) is 49.9 Å². The number of likely N-dealkylation sites (tertiary alicyclic amines) is 1. The van der Waals surface area contributed by atoms with E-state index in [1.54, 1.807) is 0 Å². The molecule has 1 aromatic heterocycles. The third kappa shape index (κ3) is 3.75. The van der Waals surface area contributed by atoms with Crippen molar-refractivity contribution in [2.45, 2.75) is 45.3 Å². The average Bonchev–Trinajstić information content (AvgIpc) is 3.09. The van der Waals surface area contributed by atoms with Crippen LogP contribution in [0.4, 0.5) is 10.7 Å². The van der Waals surface area contributed by atoms with Gasteiger partial charge in [-0.05, 0) is 45.7 Å². The lowest BCUT2D eigenvalue weighted by Crippen LogP contribution is -2.42. The second-order valence-corrected chi connectivity index (χ2v) is 6.95. The summed E-state index contributed by atoms with van der Waals surface area (Å²) >= 11 is 0. The van der Waals surface area contributed by atoms with Crippen molar-refractivity contribution in [3.05, 3.63) is 24.3 Å². The van der Waals surface area contributed by atoms with Crippen LogP contribution in [0.1, 0.15) is 33.6 Å². The Balaban J connectivity index is 1.61. The van der Waals surface area contributed by atoms with Gasteiger partial charge in [0.1, 0.15) is 5.60 Å². The fraction of sp³-hybridized carbons (Fsp3) is 0.529. The second kappa shape index (κ2) is 6.10. The highest BCUT2D eigenvalue weighted by atomic mass is 16.6. The van der Waals surface area contributed by atoms with E-state index in [4.69, 9.17) is 4.74 Å². The van der Waals surface area contributed by atoms with Crippen LogP contribution in [-0.4, -0.2) is 45.7 Å². The van der Waals surface area contributed by atoms with Crippen molar-refractivity contribution < 1.29 is 9.53 Å². The molecule has 1 aromatic carbocycles. The van der Waals surface area contributed by atoms with Gasteiger partial charge >= 0.3 is 6.09 Å². The van der Waals surface area contributed by atoms with E-state index in [0.717, 1.165) is 36.4 Å². The molecule has 23 heavy (non-hydrogen) atoms. The average molecular weight is 316 g/mol. The highest BCUT2D eigenvalue weighted by molar-refractivity contribution is 5.77. The zero-order valence-electron chi connectivity index (χ0n) is 13.9. The molecule has 2 N–H and O–H groups in total. The quantitative estimate of drug-likeness (QED) is 0.911. The molecule has 1 saturated heterocycles. The summed E-state index contributed by atoms with van der Waals surface area (Å²) in [4.78, 5) is 21.8. The van der Waals surface area contributed by atoms with E-state index in [2.05, 4.69) is 15.3 Å². The molecule has 124 valence electrons. The number of hydrogen-bond acceptors (Lipinski definition) is 4. The van der Waals surface area contributed by atoms with E-state index in [9.17, 15) is 4.79 Å². The van der Waals surface area contributed by atoms with E-state index < -0.39 is 5.60 Å². The number of nitrogens with zero attached hydrogens (tertiary/aromatic N) is 2. The van der Waals surface area contributed by atoms with Crippen molar-refractivity contribution >= 4 is 23.1 Å². The standard InChI is InChI=1S/C17H24N4O2/c1-17(2,3)23-16(22)21-10-6-7-12(21)11-18-15-19-13-8-4-5-9-14(13)20-15/h4-5,8-9,12H,6-7,10-11H2,1-3H3,(H2,18,19,20)/t12-/m0/s1. The van der Waals surface area contributed by atoms with Crippen LogP contribution in [0.25, 0.3) is 11.0 Å². The molecule has 0 saturated carbocycles. The fourth-order valence-electron chi connectivity index (χ4n) is 2.86. The zero-order chi connectivity index (χ0) is 16.4. The van der Waals surface area contributed by atoms with Gasteiger partial charge in [0.15, 0.2) is 0 Å². The molecule has 0 unspecified atom stereocenters. The number of aromatic amines is 1. The predicted octanol–water partition coefficient (Wildman–Crippen LogP) is 3.37. The Hall–Kier alpha value is -2.24. The molecule has 2 aromatic rings. The monoisotopic (exact) mass is 316 g/mol. The van der Waals surface area contributed by atoms with Crippen LogP contribution >= 0.6 is 0 Å². The summed E-state index contributed by atoms with van der Waals surface area (Å²) in [5.74, 6) is 0.738. The first kappa shape index (κ1) is 15.6. The van der Waals surface area contributed by atoms with Crippen molar-refractivity contribution in [2.75, 3.05) is 18.4 Å². The van der Waals surface area contributed by atoms with Crippen LogP contribution in [-0.2, 0) is 4.74 Å². The first-order valence-corrected chi connectivity index (χ1v) is 8.11. The van der Waals surface area contributed by atoms with Crippen LogP contribution in [0, 0.1) is 0 Å². The number of para-hydroxylation sites is 2. The fourth-order valence-corrected chi connectivity index (χ4v) is 2.86. The van der Waals surface area contributed by atoms with E-state index >= 15 is 0 Å². The SMILES string of the molecule is CC(C)(C)OC(=O)N1CCC[C@H]1CNc1nc2ccccc2[nH]1. The van der Waals surface area contributed by atoms with Gasteiger partial charge in [-0.1, -0.05) is 12.1 Å². The Labute approximate surface area is 136 Å². The van der Waals surface area contributed by atoms with Crippen molar-refractivity contribution in [1.82, 2.24) is 14.9 Å². The summed E-state index contributed by atoms with van der Waals surface area (Å²) in [6, 6.07) is 8.05. The van der Waals surface area contributed by atoms with Crippen LogP contribution < -0.4 is 5.32 Å². The second-order valence-electron chi connectivity index (χ2n) is 6.95. The number of hydrogen-bond donors (Lipinski definition) is 2. The number of carbonyl (C=O) groups excluding carboxylic acids is 1. The predicted molar refractivity (Wildman–Crippen MR) is 90.5 cm³/mol. The number of rotatable bonds is 3. The third-order valence-corrected chi connectivity index (χ3v) is 3.90. The van der Waals surface area contributed by atoms with E-state index in [-0.39, 0.29) is 12.1 Å². The number of anilines is 1. The molecular formula is C17H24N4O2. The molecule has 6 nitrogen and oxygen atoms in total. The molecule has 0 bridgehead atoms. The molecule has 1 fully saturated rings. The van der Waals surface area contributed by atoms with Gasteiger partial charge in [-0.2, -0.15) is 0 Å². The number of nitrogens with one attached hydrogen (secondary N) is 2. The van der Waals surface area contributed by atoms with Crippen LogP contribution in [0.3, 0.4) is 0 Å². The van der Waals surface area contributed by atoms with Gasteiger partial charge < -0.3 is 19.9 Å². The molecule has 0 aliphatic carbocycles. The lowest BCUT2D eigenvalue weighted by Gasteiger charge is -2.28. The number of fused-ring (bicyclic) bond motifs is 1. The minimum Gasteiger partial charge on any atom is -0.444 e. The Bertz CT molecular complexity index is 656. The zero-order valence-corrected chi connectivity index (χ0v) is 13.9. The highest BCUT2D eigenvalue weighted by Crippen LogP contribution is 2.21. The van der Waals surface area contributed by atoms with Crippen molar-refractivity contribution in [3.63, 3.8) is 0 Å². The molecular weight excluding hydrogens is 292 g/mol. The normalized spacial score (nSPS) is 18.4. The number of ether oxygens (including phenoxy) is 1. The van der Waals surface area contributed by atoms with E-state index in [0.29, 0.717) is 6.54 Å². The number of imidazole rings is 1. The maximum atomic E-state index is 12.3. The summed E-state index contributed by atoms with van der Waals surface area (Å²) in [7, 11) is 0. The third-order valence-electron chi connectivity index (χ3n) is 3.90. The van der Waals surface area contributed by atoms with Crippen molar-refractivity contribution in [3.8, 4) is 0 Å². The first-order chi connectivity index (χ1) is 10.9. The van der Waals surface area contributed by atoms with Gasteiger partial charge in [0.05, 0.1) is 17.1 Å². The van der Waals surface area contributed by atoms with Gasteiger partial charge in [-0.25, -0.2) is 9.78 Å². The Morgan fingerprint density at radius 1 is 1.43 bits per heavy atom. The van der Waals surface area contributed by atoms with Crippen molar-refractivity contribution in [1.29, 1.82) is 0 Å². The van der Waals surface area contributed by atoms with Crippen molar-refractivity contribution in [2.24, 2.45) is 0 Å². The van der Waals surface area contributed by atoms with Gasteiger partial charge in [0, 0.05) is 13.1 Å². The maximum absolute atomic E-state index is 12.3. The molecule has 1 aliphatic rings. The topological polar surface area (TPSA) is 70.2 Å². The van der Waals surface area contributed by atoms with Crippen LogP contribution in [0.2, 0.25) is 0 Å². The summed E-state index contributed by atoms with van der Waals surface area (Å²) in [6.07, 6.45) is 1.75. The highest BCUT2D eigenvalue weighted by Gasteiger charge is 2.32. The van der Waals surface area contributed by atoms with Crippen LogP contribution in [0.5, 0.6) is 0 Å². The minimum absolute atomic E-state index is 0.137. The molecule has 0 radical (unpaired) electrons. The van der Waals surface area contributed by atoms with Crippen LogP contribution in [0.15, 0.2) is 24.3 Å². The number of amides is 1. The first-order valence-electron chi connectivity index (χ1n) is 8.11. The molecule has 1 atom stereocenters. The summed E-state index contributed by atoms with van der Waals surface area (Å²) in [5.41, 5.74) is 1.48. The molecule has 3 rings (SSSR count). The summed E-state index contributed by atoms with van der Waals surface area (Å²) < 4.78 is 5.49. The Kier molecular flexibility index (Phi) is 4.15. The largest absolute Gasteiger partial charge is 0.444 e. The lowest BCUT2D eigenvalue weighted by atomic mass is 10.2. The molecule has 2 heterocycles. The number of aromatic nitrogens is 2. The van der Waals surface area contributed by atoms with Gasteiger partial charge in [0.2, 0.25) is 5.95 Å². The molecule has 1 aliphatic heterocycles. The smallest absolute Gasteiger partial charge is 0.410 e. The van der Waals surface area contributed by atoms with Gasteiger partial charge in [-0.15, -0.1) is 0 Å². The minimum atomic E-state index is -0.462. The van der Waals surface area contributed by atoms with E-state index in [1.165, 1.54) is 0 Å². The Morgan fingerprint density at radius 3 is 2.96 bits per heavy atom. The molecule has 1 amide bonds.